The summed E-state index contributed by atoms with van der Waals surface area (Å²) < 4.78 is 5.26. The van der Waals surface area contributed by atoms with Crippen molar-refractivity contribution in [1.82, 2.24) is 0 Å². The minimum atomic E-state index is -0.948. The highest BCUT2D eigenvalue weighted by atomic mass is 35.5. The van der Waals surface area contributed by atoms with E-state index in [0.717, 1.165) is 4.90 Å². The van der Waals surface area contributed by atoms with Gasteiger partial charge in [0.2, 0.25) is 5.91 Å². The summed E-state index contributed by atoms with van der Waals surface area (Å²) in [7, 11) is 0. The molecule has 0 bridgehead atoms. The van der Waals surface area contributed by atoms with Crippen LogP contribution in [-0.4, -0.2) is 29.1 Å². The highest BCUT2D eigenvalue weighted by Crippen LogP contribution is 2.25. The fourth-order valence-corrected chi connectivity index (χ4v) is 3.15. The van der Waals surface area contributed by atoms with Crippen molar-refractivity contribution >= 4 is 52.5 Å². The van der Waals surface area contributed by atoms with E-state index in [2.05, 4.69) is 10.6 Å². The lowest BCUT2D eigenvalue weighted by molar-refractivity contribution is -0.152. The van der Waals surface area contributed by atoms with Crippen molar-refractivity contribution in [2.75, 3.05) is 10.6 Å². The molecule has 2 N–H and O–H groups in total. The number of hydrogen-bond acceptors (Lipinski definition) is 5. The SMILES string of the molecule is CC(=O)Nc1ccc(NC(=O)[C@@H](C)OC(=O)[C@H](C)Sc2ccc(Cl)cc2)cc1. The maximum atomic E-state index is 12.2. The molecule has 148 valence electrons. The van der Waals surface area contributed by atoms with Crippen molar-refractivity contribution < 1.29 is 19.1 Å². The Morgan fingerprint density at radius 2 is 1.46 bits per heavy atom. The molecule has 28 heavy (non-hydrogen) atoms. The van der Waals surface area contributed by atoms with Gasteiger partial charge in [-0.1, -0.05) is 11.6 Å². The molecule has 0 aliphatic rings. The van der Waals surface area contributed by atoms with Crippen LogP contribution in [0, 0.1) is 0 Å². The topological polar surface area (TPSA) is 84.5 Å². The predicted octanol–water partition coefficient (Wildman–Crippen LogP) is 4.35. The quantitative estimate of drug-likeness (QED) is 0.513. The molecule has 0 radical (unpaired) electrons. The van der Waals surface area contributed by atoms with Crippen LogP contribution in [0.5, 0.6) is 0 Å². The molecule has 2 rings (SSSR count). The molecule has 0 unspecified atom stereocenters. The van der Waals surface area contributed by atoms with Crippen molar-refractivity contribution in [1.29, 1.82) is 0 Å². The van der Waals surface area contributed by atoms with E-state index in [1.807, 2.05) is 12.1 Å². The van der Waals surface area contributed by atoms with Crippen LogP contribution < -0.4 is 10.6 Å². The van der Waals surface area contributed by atoms with Crippen molar-refractivity contribution in [3.8, 4) is 0 Å². The molecule has 0 heterocycles. The lowest BCUT2D eigenvalue weighted by atomic mass is 10.2. The van der Waals surface area contributed by atoms with Gasteiger partial charge >= 0.3 is 5.97 Å². The van der Waals surface area contributed by atoms with Crippen LogP contribution in [0.4, 0.5) is 11.4 Å². The zero-order chi connectivity index (χ0) is 20.7. The molecular weight excluding hydrogens is 400 g/mol. The normalized spacial score (nSPS) is 12.6. The predicted molar refractivity (Wildman–Crippen MR) is 112 cm³/mol. The van der Waals surface area contributed by atoms with E-state index in [1.165, 1.54) is 25.6 Å². The number of carbonyl (C=O) groups is 3. The average Bonchev–Trinajstić information content (AvgIpc) is 2.64. The number of hydrogen-bond donors (Lipinski definition) is 2. The van der Waals surface area contributed by atoms with Gasteiger partial charge in [0.1, 0.15) is 5.25 Å². The third-order valence-electron chi connectivity index (χ3n) is 3.59. The van der Waals surface area contributed by atoms with Gasteiger partial charge in [-0.25, -0.2) is 0 Å². The van der Waals surface area contributed by atoms with E-state index in [-0.39, 0.29) is 5.91 Å². The van der Waals surface area contributed by atoms with Crippen LogP contribution in [0.25, 0.3) is 0 Å². The Morgan fingerprint density at radius 1 is 0.929 bits per heavy atom. The number of carbonyl (C=O) groups excluding carboxylic acids is 3. The molecule has 0 fully saturated rings. The van der Waals surface area contributed by atoms with Gasteiger partial charge < -0.3 is 15.4 Å². The number of ether oxygens (including phenoxy) is 1. The van der Waals surface area contributed by atoms with Gasteiger partial charge in [-0.3, -0.25) is 14.4 Å². The van der Waals surface area contributed by atoms with E-state index in [1.54, 1.807) is 43.3 Å². The highest BCUT2D eigenvalue weighted by Gasteiger charge is 2.22. The monoisotopic (exact) mass is 420 g/mol. The van der Waals surface area contributed by atoms with Gasteiger partial charge in [0.05, 0.1) is 0 Å². The number of nitrogens with one attached hydrogen (secondary N) is 2. The van der Waals surface area contributed by atoms with E-state index in [4.69, 9.17) is 16.3 Å². The average molecular weight is 421 g/mol. The van der Waals surface area contributed by atoms with Gasteiger partial charge in [0, 0.05) is 28.2 Å². The number of halogens is 1. The van der Waals surface area contributed by atoms with E-state index in [9.17, 15) is 14.4 Å². The Bertz CT molecular complexity index is 840. The highest BCUT2D eigenvalue weighted by molar-refractivity contribution is 8.00. The van der Waals surface area contributed by atoms with Crippen molar-refractivity contribution in [2.45, 2.75) is 37.0 Å². The number of rotatable bonds is 7. The lowest BCUT2D eigenvalue weighted by Crippen LogP contribution is -2.32. The molecule has 8 heteroatoms. The second-order valence-electron chi connectivity index (χ2n) is 6.04. The van der Waals surface area contributed by atoms with Crippen LogP contribution in [-0.2, 0) is 19.1 Å². The van der Waals surface area contributed by atoms with Gasteiger partial charge in [-0.15, -0.1) is 11.8 Å². The molecule has 6 nitrogen and oxygen atoms in total. The van der Waals surface area contributed by atoms with Gasteiger partial charge in [0.15, 0.2) is 6.10 Å². The third-order valence-corrected chi connectivity index (χ3v) is 4.94. The first-order chi connectivity index (χ1) is 13.2. The smallest absolute Gasteiger partial charge is 0.319 e. The summed E-state index contributed by atoms with van der Waals surface area (Å²) in [6, 6.07) is 13.8. The zero-order valence-electron chi connectivity index (χ0n) is 15.7. The lowest BCUT2D eigenvalue weighted by Gasteiger charge is -2.16. The molecule has 0 aliphatic carbocycles. The molecule has 2 atom stereocenters. The Balaban J connectivity index is 1.85. The molecule has 2 aromatic rings. The molecule has 0 saturated heterocycles. The summed E-state index contributed by atoms with van der Waals surface area (Å²) >= 11 is 7.17. The Hall–Kier alpha value is -2.51. The number of esters is 1. The Kier molecular flexibility index (Phi) is 7.90. The van der Waals surface area contributed by atoms with Crippen LogP contribution >= 0.6 is 23.4 Å². The second kappa shape index (κ2) is 10.1. The summed E-state index contributed by atoms with van der Waals surface area (Å²) in [4.78, 5) is 36.4. The van der Waals surface area contributed by atoms with Gasteiger partial charge in [-0.2, -0.15) is 0 Å². The van der Waals surface area contributed by atoms with E-state index in [0.29, 0.717) is 16.4 Å². The molecule has 2 aromatic carbocycles. The van der Waals surface area contributed by atoms with Gasteiger partial charge in [-0.05, 0) is 62.4 Å². The maximum absolute atomic E-state index is 12.2. The summed E-state index contributed by atoms with van der Waals surface area (Å²) in [6.45, 7) is 4.64. The van der Waals surface area contributed by atoms with E-state index < -0.39 is 23.2 Å². The summed E-state index contributed by atoms with van der Waals surface area (Å²) in [5, 5.41) is 5.45. The largest absolute Gasteiger partial charge is 0.452 e. The minimum Gasteiger partial charge on any atom is -0.452 e. The molecule has 0 aromatic heterocycles. The minimum absolute atomic E-state index is 0.178. The zero-order valence-corrected chi connectivity index (χ0v) is 17.3. The first kappa shape index (κ1) is 21.8. The summed E-state index contributed by atoms with van der Waals surface area (Å²) in [5.74, 6) is -1.10. The summed E-state index contributed by atoms with van der Waals surface area (Å²) in [6.07, 6.45) is -0.948. The first-order valence-corrected chi connectivity index (χ1v) is 9.81. The van der Waals surface area contributed by atoms with Crippen LogP contribution in [0.15, 0.2) is 53.4 Å². The fourth-order valence-electron chi connectivity index (χ4n) is 2.17. The van der Waals surface area contributed by atoms with Crippen LogP contribution in [0.3, 0.4) is 0 Å². The number of thioether (sulfide) groups is 1. The second-order valence-corrected chi connectivity index (χ2v) is 7.89. The number of anilines is 2. The molecular formula is C20H21ClN2O4S. The molecule has 0 aliphatic heterocycles. The number of benzene rings is 2. The Morgan fingerprint density at radius 3 is 2.00 bits per heavy atom. The van der Waals surface area contributed by atoms with Crippen LogP contribution in [0.2, 0.25) is 5.02 Å². The first-order valence-electron chi connectivity index (χ1n) is 8.56. The molecule has 0 saturated carbocycles. The number of amides is 2. The molecule has 0 spiro atoms. The molecule has 2 amide bonds. The fraction of sp³-hybridized carbons (Fsp3) is 0.250. The summed E-state index contributed by atoms with van der Waals surface area (Å²) in [5.41, 5.74) is 1.16. The van der Waals surface area contributed by atoms with Gasteiger partial charge in [0.25, 0.3) is 5.91 Å². The Labute approximate surface area is 173 Å². The van der Waals surface area contributed by atoms with Crippen molar-refractivity contribution in [3.05, 3.63) is 53.6 Å². The third kappa shape index (κ3) is 6.90. The van der Waals surface area contributed by atoms with Crippen LogP contribution in [0.1, 0.15) is 20.8 Å². The standard InChI is InChI=1S/C20H21ClN2O4S/c1-12(19(25)23-17-8-6-16(7-9-17)22-14(3)24)27-20(26)13(2)28-18-10-4-15(21)5-11-18/h4-13H,1-3H3,(H,22,24)(H,23,25)/t12-,13+/m1/s1. The van der Waals surface area contributed by atoms with E-state index >= 15 is 0 Å². The van der Waals surface area contributed by atoms with Crippen molar-refractivity contribution in [3.63, 3.8) is 0 Å². The van der Waals surface area contributed by atoms with Crippen molar-refractivity contribution in [2.24, 2.45) is 0 Å². The maximum Gasteiger partial charge on any atom is 0.319 e.